The predicted molar refractivity (Wildman–Crippen MR) is 106 cm³/mol. The maximum Gasteiger partial charge on any atom is 0.513 e. The van der Waals surface area contributed by atoms with Crippen molar-refractivity contribution in [2.24, 2.45) is 0 Å². The Kier molecular flexibility index (Phi) is 4.93. The highest BCUT2D eigenvalue weighted by atomic mass is 16.7. The molecule has 0 aliphatic heterocycles. The third-order valence-corrected chi connectivity index (χ3v) is 4.02. The number of H-pyrrole nitrogens is 1. The van der Waals surface area contributed by atoms with Crippen LogP contribution in [0.4, 0.5) is 4.79 Å². The third kappa shape index (κ3) is 3.96. The topological polar surface area (TPSA) is 73.4 Å². The molecule has 0 saturated heterocycles. The first kappa shape index (κ1) is 17.6. The van der Waals surface area contributed by atoms with Crippen molar-refractivity contribution in [1.29, 1.82) is 0 Å². The van der Waals surface area contributed by atoms with E-state index in [-0.39, 0.29) is 6.61 Å². The van der Waals surface area contributed by atoms with E-state index in [9.17, 15) is 4.79 Å². The van der Waals surface area contributed by atoms with Crippen LogP contribution >= 0.6 is 0 Å². The lowest BCUT2D eigenvalue weighted by Gasteiger charge is -2.05. The Labute approximate surface area is 161 Å². The van der Waals surface area contributed by atoms with Crippen LogP contribution in [0.25, 0.3) is 22.4 Å². The minimum Gasteiger partial charge on any atom is -0.457 e. The van der Waals surface area contributed by atoms with Crippen LogP contribution in [0, 0.1) is 0 Å². The van der Waals surface area contributed by atoms with Crippen LogP contribution in [0.5, 0.6) is 17.2 Å². The van der Waals surface area contributed by atoms with Crippen molar-refractivity contribution >= 4 is 17.2 Å². The summed E-state index contributed by atoms with van der Waals surface area (Å²) in [5, 5.41) is 0. The Bertz CT molecular complexity index is 1090. The summed E-state index contributed by atoms with van der Waals surface area (Å²) in [5.74, 6) is 2.65. The van der Waals surface area contributed by atoms with Crippen molar-refractivity contribution in [2.45, 2.75) is 6.92 Å². The fourth-order valence-corrected chi connectivity index (χ4v) is 2.74. The summed E-state index contributed by atoms with van der Waals surface area (Å²) in [7, 11) is 0. The monoisotopic (exact) mass is 374 g/mol. The van der Waals surface area contributed by atoms with Crippen molar-refractivity contribution in [3.05, 3.63) is 72.8 Å². The molecule has 0 amide bonds. The molecule has 0 radical (unpaired) electrons. The molecule has 0 fully saturated rings. The van der Waals surface area contributed by atoms with Crippen LogP contribution in [0.1, 0.15) is 6.92 Å². The number of hydrogen-bond donors (Lipinski definition) is 1. The first-order valence-corrected chi connectivity index (χ1v) is 8.89. The molecule has 4 rings (SSSR count). The summed E-state index contributed by atoms with van der Waals surface area (Å²) in [6.45, 7) is 1.99. The number of hydrogen-bond acceptors (Lipinski definition) is 5. The maximum atomic E-state index is 11.5. The Morgan fingerprint density at radius 2 is 1.64 bits per heavy atom. The number of nitrogens with zero attached hydrogens (tertiary/aromatic N) is 1. The normalized spacial score (nSPS) is 10.6. The molecular weight excluding hydrogens is 356 g/mol. The standard InChI is InChI=1S/C22H18N2O4/c1-2-26-22(25)28-18-12-13-19-20(14-18)24-21(23-19)15-8-10-17(11-9-15)27-16-6-4-3-5-7-16/h3-14H,2H2,1H3,(H,23,24). The van der Waals surface area contributed by atoms with E-state index in [4.69, 9.17) is 14.2 Å². The van der Waals surface area contributed by atoms with E-state index in [2.05, 4.69) is 9.97 Å². The number of imidazole rings is 1. The molecule has 0 bridgehead atoms. The van der Waals surface area contributed by atoms with Crippen LogP contribution in [-0.2, 0) is 4.74 Å². The Balaban J connectivity index is 1.53. The molecule has 6 nitrogen and oxygen atoms in total. The molecule has 140 valence electrons. The SMILES string of the molecule is CCOC(=O)Oc1ccc2nc(-c3ccc(Oc4ccccc4)cc3)[nH]c2c1. The summed E-state index contributed by atoms with van der Waals surface area (Å²) in [5.41, 5.74) is 2.46. The third-order valence-electron chi connectivity index (χ3n) is 4.02. The van der Waals surface area contributed by atoms with Crippen molar-refractivity contribution in [1.82, 2.24) is 9.97 Å². The number of benzene rings is 3. The number of rotatable bonds is 5. The van der Waals surface area contributed by atoms with Gasteiger partial charge >= 0.3 is 6.16 Å². The van der Waals surface area contributed by atoms with Crippen LogP contribution in [-0.4, -0.2) is 22.7 Å². The van der Waals surface area contributed by atoms with E-state index in [0.29, 0.717) is 5.75 Å². The van der Waals surface area contributed by atoms with E-state index in [0.717, 1.165) is 33.9 Å². The van der Waals surface area contributed by atoms with E-state index in [1.807, 2.05) is 54.6 Å². The van der Waals surface area contributed by atoms with Gasteiger partial charge in [0.05, 0.1) is 17.6 Å². The van der Waals surface area contributed by atoms with Gasteiger partial charge in [0.15, 0.2) is 0 Å². The second-order valence-electron chi connectivity index (χ2n) is 5.99. The Hall–Kier alpha value is -3.80. The van der Waals surface area contributed by atoms with Crippen LogP contribution in [0.2, 0.25) is 0 Å². The van der Waals surface area contributed by atoms with Gasteiger partial charge in [-0.2, -0.15) is 0 Å². The lowest BCUT2D eigenvalue weighted by molar-refractivity contribution is 0.104. The number of aromatic amines is 1. The fourth-order valence-electron chi connectivity index (χ4n) is 2.74. The maximum absolute atomic E-state index is 11.5. The molecule has 0 saturated carbocycles. The smallest absolute Gasteiger partial charge is 0.457 e. The van der Waals surface area contributed by atoms with Gasteiger partial charge in [0.2, 0.25) is 0 Å². The van der Waals surface area contributed by atoms with Gasteiger partial charge in [0, 0.05) is 11.6 Å². The van der Waals surface area contributed by atoms with Crippen LogP contribution in [0.3, 0.4) is 0 Å². The van der Waals surface area contributed by atoms with Crippen molar-refractivity contribution in [2.75, 3.05) is 6.61 Å². The first-order chi connectivity index (χ1) is 13.7. The Morgan fingerprint density at radius 1 is 0.929 bits per heavy atom. The van der Waals surface area contributed by atoms with Crippen molar-refractivity contribution < 1.29 is 19.0 Å². The van der Waals surface area contributed by atoms with Gasteiger partial charge in [-0.15, -0.1) is 0 Å². The molecule has 0 aliphatic carbocycles. The number of para-hydroxylation sites is 1. The van der Waals surface area contributed by atoms with Gasteiger partial charge in [-0.05, 0) is 55.5 Å². The average molecular weight is 374 g/mol. The number of carbonyl (C=O) groups is 1. The van der Waals surface area contributed by atoms with E-state index in [1.165, 1.54) is 0 Å². The van der Waals surface area contributed by atoms with E-state index < -0.39 is 6.16 Å². The largest absolute Gasteiger partial charge is 0.513 e. The molecule has 0 atom stereocenters. The van der Waals surface area contributed by atoms with Gasteiger partial charge in [0.25, 0.3) is 0 Å². The number of aromatic nitrogens is 2. The molecule has 1 heterocycles. The first-order valence-electron chi connectivity index (χ1n) is 8.89. The zero-order valence-corrected chi connectivity index (χ0v) is 15.2. The van der Waals surface area contributed by atoms with Crippen LogP contribution in [0.15, 0.2) is 72.8 Å². The highest BCUT2D eigenvalue weighted by Gasteiger charge is 2.10. The summed E-state index contributed by atoms with van der Waals surface area (Å²) >= 11 is 0. The predicted octanol–water partition coefficient (Wildman–Crippen LogP) is 5.56. The van der Waals surface area contributed by atoms with Gasteiger partial charge in [-0.1, -0.05) is 18.2 Å². The lowest BCUT2D eigenvalue weighted by Crippen LogP contribution is -2.09. The van der Waals surface area contributed by atoms with Gasteiger partial charge in [-0.25, -0.2) is 9.78 Å². The van der Waals surface area contributed by atoms with Gasteiger partial charge in [-0.3, -0.25) is 0 Å². The van der Waals surface area contributed by atoms with Gasteiger partial charge in [0.1, 0.15) is 23.1 Å². The second kappa shape index (κ2) is 7.84. The molecule has 0 spiro atoms. The van der Waals surface area contributed by atoms with Gasteiger partial charge < -0.3 is 19.2 Å². The molecule has 4 aromatic rings. The highest BCUT2D eigenvalue weighted by molar-refractivity contribution is 5.81. The molecule has 0 aliphatic rings. The van der Waals surface area contributed by atoms with Crippen LogP contribution < -0.4 is 9.47 Å². The fraction of sp³-hybridized carbons (Fsp3) is 0.0909. The zero-order valence-electron chi connectivity index (χ0n) is 15.2. The number of fused-ring (bicyclic) bond motifs is 1. The minimum absolute atomic E-state index is 0.263. The number of carbonyl (C=O) groups excluding carboxylic acids is 1. The summed E-state index contributed by atoms with van der Waals surface area (Å²) in [6.07, 6.45) is -0.726. The highest BCUT2D eigenvalue weighted by Crippen LogP contribution is 2.27. The molecule has 1 aromatic heterocycles. The molecule has 0 unspecified atom stereocenters. The molecular formula is C22H18N2O4. The number of nitrogens with one attached hydrogen (secondary N) is 1. The summed E-state index contributed by atoms with van der Waals surface area (Å²) in [6, 6.07) is 22.5. The molecule has 6 heteroatoms. The molecule has 1 N–H and O–H groups in total. The minimum atomic E-state index is -0.726. The zero-order chi connectivity index (χ0) is 19.3. The Morgan fingerprint density at radius 3 is 2.39 bits per heavy atom. The van der Waals surface area contributed by atoms with Crippen molar-refractivity contribution in [3.8, 4) is 28.6 Å². The second-order valence-corrected chi connectivity index (χ2v) is 5.99. The summed E-state index contributed by atoms with van der Waals surface area (Å²) < 4.78 is 15.7. The summed E-state index contributed by atoms with van der Waals surface area (Å²) in [4.78, 5) is 19.3. The quantitative estimate of drug-likeness (QED) is 0.366. The average Bonchev–Trinajstić information content (AvgIpc) is 3.13. The van der Waals surface area contributed by atoms with E-state index in [1.54, 1.807) is 25.1 Å². The lowest BCUT2D eigenvalue weighted by atomic mass is 10.2. The van der Waals surface area contributed by atoms with E-state index >= 15 is 0 Å². The number of ether oxygens (including phenoxy) is 3. The van der Waals surface area contributed by atoms with Crippen molar-refractivity contribution in [3.63, 3.8) is 0 Å². The molecule has 28 heavy (non-hydrogen) atoms. The molecule has 3 aromatic carbocycles.